The van der Waals surface area contributed by atoms with Crippen LogP contribution in [0.5, 0.6) is 0 Å². The summed E-state index contributed by atoms with van der Waals surface area (Å²) in [6.07, 6.45) is 0.361. The average molecular weight is 327 g/mol. The number of benzene rings is 1. The molecular weight excluding hydrogens is 320 g/mol. The van der Waals surface area contributed by atoms with E-state index >= 15 is 0 Å². The number of anilines is 1. The third-order valence-corrected chi connectivity index (χ3v) is 3.78. The maximum absolute atomic E-state index is 13.8. The van der Waals surface area contributed by atoms with Crippen molar-refractivity contribution < 1.29 is 9.18 Å². The molecule has 1 amide bonds. The maximum Gasteiger partial charge on any atom is 0.228 e. The summed E-state index contributed by atoms with van der Waals surface area (Å²) in [5, 5.41) is -0.00468. The molecule has 0 aromatic heterocycles. The first-order chi connectivity index (χ1) is 7.50. The summed E-state index contributed by atoms with van der Waals surface area (Å²) in [5.41, 5.74) is 0.182. The van der Waals surface area contributed by atoms with Crippen LogP contribution in [0.25, 0.3) is 0 Å². The Morgan fingerprint density at radius 1 is 1.44 bits per heavy atom. The second-order valence-corrected chi connectivity index (χ2v) is 5.58. The molecule has 0 spiro atoms. The lowest BCUT2D eigenvalue weighted by Crippen LogP contribution is -2.25. The molecule has 2 nitrogen and oxygen atoms in total. The smallest absolute Gasteiger partial charge is 0.228 e. The Morgan fingerprint density at radius 2 is 2.12 bits per heavy atom. The van der Waals surface area contributed by atoms with Gasteiger partial charge in [0.05, 0.1) is 15.7 Å². The Bertz CT molecular complexity index is 455. The fourth-order valence-corrected chi connectivity index (χ4v) is 2.49. The third kappa shape index (κ3) is 2.06. The van der Waals surface area contributed by atoms with Gasteiger partial charge in [-0.2, -0.15) is 0 Å². The van der Waals surface area contributed by atoms with E-state index in [2.05, 4.69) is 15.9 Å². The van der Waals surface area contributed by atoms with Crippen LogP contribution in [-0.4, -0.2) is 17.3 Å². The van der Waals surface area contributed by atoms with Gasteiger partial charge in [0.25, 0.3) is 0 Å². The van der Waals surface area contributed by atoms with Gasteiger partial charge in [0.15, 0.2) is 5.82 Å². The van der Waals surface area contributed by atoms with Crippen molar-refractivity contribution in [3.05, 3.63) is 28.0 Å². The van der Waals surface area contributed by atoms with Crippen molar-refractivity contribution in [2.75, 3.05) is 11.4 Å². The van der Waals surface area contributed by atoms with E-state index in [4.69, 9.17) is 23.2 Å². The minimum absolute atomic E-state index is 0.0499. The van der Waals surface area contributed by atoms with Gasteiger partial charge < -0.3 is 4.90 Å². The summed E-state index contributed by atoms with van der Waals surface area (Å²) >= 11 is 14.7. The molecule has 0 radical (unpaired) electrons. The third-order valence-electron chi connectivity index (χ3n) is 2.38. The Morgan fingerprint density at radius 3 is 2.69 bits per heavy atom. The van der Waals surface area contributed by atoms with E-state index in [1.165, 1.54) is 17.0 Å². The van der Waals surface area contributed by atoms with Crippen LogP contribution in [0.4, 0.5) is 10.1 Å². The Balaban J connectivity index is 2.42. The molecule has 1 aromatic carbocycles. The van der Waals surface area contributed by atoms with E-state index in [-0.39, 0.29) is 26.5 Å². The average Bonchev–Trinajstić information content (AvgIpc) is 2.55. The van der Waals surface area contributed by atoms with E-state index in [9.17, 15) is 9.18 Å². The predicted molar refractivity (Wildman–Crippen MR) is 66.1 cm³/mol. The summed E-state index contributed by atoms with van der Waals surface area (Å²) < 4.78 is 13.8. The highest BCUT2D eigenvalue weighted by Gasteiger charge is 2.31. The normalized spacial score (nSPS) is 20.6. The van der Waals surface area contributed by atoms with E-state index in [0.29, 0.717) is 13.0 Å². The lowest BCUT2D eigenvalue weighted by atomic mass is 10.3. The van der Waals surface area contributed by atoms with Crippen molar-refractivity contribution in [2.45, 2.75) is 11.2 Å². The Kier molecular flexibility index (Phi) is 3.42. The molecule has 0 saturated carbocycles. The van der Waals surface area contributed by atoms with Crippen LogP contribution in [-0.2, 0) is 4.79 Å². The van der Waals surface area contributed by atoms with Gasteiger partial charge in [-0.1, -0.05) is 39.1 Å². The second kappa shape index (κ2) is 4.51. The van der Waals surface area contributed by atoms with Crippen molar-refractivity contribution in [2.24, 2.45) is 0 Å². The largest absolute Gasteiger partial charge is 0.308 e. The lowest BCUT2D eigenvalue weighted by Gasteiger charge is -2.17. The van der Waals surface area contributed by atoms with Crippen LogP contribution in [0, 0.1) is 5.82 Å². The molecular formula is C10H7BrCl2FNO. The molecule has 0 aliphatic carbocycles. The summed E-state index contributed by atoms with van der Waals surface area (Å²) in [5.74, 6) is -0.775. The molecule has 0 N–H and O–H groups in total. The molecule has 1 aromatic rings. The molecule has 16 heavy (non-hydrogen) atoms. The first-order valence-corrected chi connectivity index (χ1v) is 6.26. The quantitative estimate of drug-likeness (QED) is 0.570. The van der Waals surface area contributed by atoms with Crippen molar-refractivity contribution in [3.63, 3.8) is 0 Å². The van der Waals surface area contributed by atoms with E-state index in [1.807, 2.05) is 0 Å². The van der Waals surface area contributed by atoms with E-state index < -0.39 is 5.82 Å². The highest BCUT2D eigenvalue weighted by Crippen LogP contribution is 2.34. The number of carbonyl (C=O) groups excluding carboxylic acids is 1. The monoisotopic (exact) mass is 325 g/mol. The fourth-order valence-electron chi connectivity index (χ4n) is 1.62. The zero-order valence-electron chi connectivity index (χ0n) is 8.01. The molecule has 1 fully saturated rings. The van der Waals surface area contributed by atoms with Gasteiger partial charge in [0.2, 0.25) is 5.91 Å². The minimum atomic E-state index is -0.649. The number of alkyl halides is 1. The van der Waals surface area contributed by atoms with Crippen LogP contribution >= 0.6 is 39.1 Å². The molecule has 2 rings (SSSR count). The molecule has 86 valence electrons. The molecule has 1 atom stereocenters. The van der Waals surface area contributed by atoms with Crippen LogP contribution in [0.2, 0.25) is 10.0 Å². The van der Waals surface area contributed by atoms with Crippen LogP contribution < -0.4 is 4.90 Å². The van der Waals surface area contributed by atoms with Gasteiger partial charge >= 0.3 is 0 Å². The summed E-state index contributed by atoms with van der Waals surface area (Å²) in [7, 11) is 0. The summed E-state index contributed by atoms with van der Waals surface area (Å²) in [4.78, 5) is 13.0. The van der Waals surface area contributed by atoms with E-state index in [0.717, 1.165) is 0 Å². The van der Waals surface area contributed by atoms with Crippen molar-refractivity contribution in [1.82, 2.24) is 0 Å². The SMILES string of the molecule is O=C1CC(Br)CN1c1ccc(Cl)c(Cl)c1F. The number of hydrogen-bond donors (Lipinski definition) is 0. The molecule has 0 bridgehead atoms. The number of hydrogen-bond acceptors (Lipinski definition) is 1. The molecule has 6 heteroatoms. The van der Waals surface area contributed by atoms with Gasteiger partial charge in [-0.3, -0.25) is 4.79 Å². The van der Waals surface area contributed by atoms with Crippen molar-refractivity contribution in [3.8, 4) is 0 Å². The number of amides is 1. The second-order valence-electron chi connectivity index (χ2n) is 3.50. The Labute approximate surface area is 110 Å². The first kappa shape index (κ1) is 12.1. The lowest BCUT2D eigenvalue weighted by molar-refractivity contribution is -0.117. The topological polar surface area (TPSA) is 20.3 Å². The minimum Gasteiger partial charge on any atom is -0.308 e. The van der Waals surface area contributed by atoms with E-state index in [1.54, 1.807) is 0 Å². The molecule has 1 heterocycles. The fraction of sp³-hybridized carbons (Fsp3) is 0.300. The number of nitrogens with zero attached hydrogens (tertiary/aromatic N) is 1. The molecule has 1 saturated heterocycles. The number of carbonyl (C=O) groups is 1. The van der Waals surface area contributed by atoms with Gasteiger partial charge in [-0.25, -0.2) is 4.39 Å². The number of halogens is 4. The first-order valence-electron chi connectivity index (χ1n) is 4.58. The zero-order valence-corrected chi connectivity index (χ0v) is 11.1. The van der Waals surface area contributed by atoms with Crippen LogP contribution in [0.1, 0.15) is 6.42 Å². The maximum atomic E-state index is 13.8. The summed E-state index contributed by atoms with van der Waals surface area (Å²) in [6, 6.07) is 2.95. The van der Waals surface area contributed by atoms with Crippen LogP contribution in [0.15, 0.2) is 12.1 Å². The zero-order chi connectivity index (χ0) is 11.9. The predicted octanol–water partition coefficient (Wildman–Crippen LogP) is 3.63. The summed E-state index contributed by atoms with van der Waals surface area (Å²) in [6.45, 7) is 0.438. The highest BCUT2D eigenvalue weighted by atomic mass is 79.9. The van der Waals surface area contributed by atoms with Gasteiger partial charge in [-0.05, 0) is 12.1 Å². The van der Waals surface area contributed by atoms with Gasteiger partial charge in [0, 0.05) is 17.8 Å². The molecule has 1 aliphatic rings. The standard InChI is InChI=1S/C10H7BrCl2FNO/c11-5-3-8(16)15(4-5)7-2-1-6(12)9(13)10(7)14/h1-2,5H,3-4H2. The highest BCUT2D eigenvalue weighted by molar-refractivity contribution is 9.09. The van der Waals surface area contributed by atoms with Gasteiger partial charge in [-0.15, -0.1) is 0 Å². The van der Waals surface area contributed by atoms with Crippen LogP contribution in [0.3, 0.4) is 0 Å². The number of rotatable bonds is 1. The molecule has 1 unspecified atom stereocenters. The Hall–Kier alpha value is -0.320. The van der Waals surface area contributed by atoms with Gasteiger partial charge in [0.1, 0.15) is 0 Å². The molecule has 1 aliphatic heterocycles. The van der Waals surface area contributed by atoms with Crippen molar-refractivity contribution in [1.29, 1.82) is 0 Å². The van der Waals surface area contributed by atoms with Crippen molar-refractivity contribution >= 4 is 50.7 Å².